The Kier molecular flexibility index (Phi) is 3.71. The molecule has 0 aliphatic heterocycles. The van der Waals surface area contributed by atoms with E-state index >= 15 is 0 Å². The summed E-state index contributed by atoms with van der Waals surface area (Å²) in [5.41, 5.74) is 1.49. The molecule has 0 radical (unpaired) electrons. The van der Waals surface area contributed by atoms with Gasteiger partial charge < -0.3 is 9.63 Å². The summed E-state index contributed by atoms with van der Waals surface area (Å²) in [4.78, 5) is 4.22. The Balaban J connectivity index is 1.82. The second kappa shape index (κ2) is 5.81. The molecule has 0 saturated carbocycles. The van der Waals surface area contributed by atoms with E-state index in [4.69, 9.17) is 16.1 Å². The molecule has 0 saturated heterocycles. The molecule has 0 bridgehead atoms. The van der Waals surface area contributed by atoms with Crippen molar-refractivity contribution in [3.63, 3.8) is 0 Å². The highest BCUT2D eigenvalue weighted by molar-refractivity contribution is 6.30. The Morgan fingerprint density at radius 2 is 1.76 bits per heavy atom. The molecule has 0 aliphatic carbocycles. The fourth-order valence-corrected chi connectivity index (χ4v) is 1.94. The van der Waals surface area contributed by atoms with Gasteiger partial charge in [-0.25, -0.2) is 0 Å². The van der Waals surface area contributed by atoms with Gasteiger partial charge in [-0.15, -0.1) is 0 Å². The van der Waals surface area contributed by atoms with Crippen molar-refractivity contribution in [1.82, 2.24) is 10.1 Å². The second-order valence-electron chi connectivity index (χ2n) is 4.36. The highest BCUT2D eigenvalue weighted by Gasteiger charge is 2.10. The SMILES string of the molecule is Oc1ccccc1-c1nc(/C=C/c2ccc(Cl)cc2)no1. The van der Waals surface area contributed by atoms with E-state index in [-0.39, 0.29) is 11.6 Å². The van der Waals surface area contributed by atoms with Crippen molar-refractivity contribution >= 4 is 23.8 Å². The summed E-state index contributed by atoms with van der Waals surface area (Å²) in [5, 5.41) is 14.3. The van der Waals surface area contributed by atoms with Crippen LogP contribution in [-0.4, -0.2) is 15.2 Å². The molecule has 3 rings (SSSR count). The Morgan fingerprint density at radius 3 is 2.52 bits per heavy atom. The molecule has 2 aromatic carbocycles. The lowest BCUT2D eigenvalue weighted by Crippen LogP contribution is -1.79. The first kappa shape index (κ1) is 13.4. The van der Waals surface area contributed by atoms with Gasteiger partial charge >= 0.3 is 0 Å². The van der Waals surface area contributed by atoms with Crippen LogP contribution in [0.2, 0.25) is 5.02 Å². The number of aromatic nitrogens is 2. The standard InChI is InChI=1S/C16H11ClN2O2/c17-12-8-5-11(6-9-12)7-10-15-18-16(21-19-15)13-3-1-2-4-14(13)20/h1-10,20H/b10-7+. The van der Waals surface area contributed by atoms with E-state index in [0.29, 0.717) is 16.4 Å². The third kappa shape index (κ3) is 3.12. The molecule has 1 aromatic heterocycles. The zero-order valence-corrected chi connectivity index (χ0v) is 11.7. The van der Waals surface area contributed by atoms with Gasteiger partial charge in [0.05, 0.1) is 5.56 Å². The summed E-state index contributed by atoms with van der Waals surface area (Å²) in [7, 11) is 0. The number of aromatic hydroxyl groups is 1. The minimum Gasteiger partial charge on any atom is -0.507 e. The maximum Gasteiger partial charge on any atom is 0.261 e. The number of nitrogens with zero attached hydrogens (tertiary/aromatic N) is 2. The van der Waals surface area contributed by atoms with Gasteiger partial charge in [0.1, 0.15) is 5.75 Å². The highest BCUT2D eigenvalue weighted by atomic mass is 35.5. The second-order valence-corrected chi connectivity index (χ2v) is 4.80. The summed E-state index contributed by atoms with van der Waals surface area (Å²) in [6.07, 6.45) is 3.59. The van der Waals surface area contributed by atoms with Gasteiger partial charge in [-0.05, 0) is 35.9 Å². The molecule has 4 nitrogen and oxygen atoms in total. The third-order valence-electron chi connectivity index (χ3n) is 2.87. The molecular weight excluding hydrogens is 288 g/mol. The van der Waals surface area contributed by atoms with Crippen molar-refractivity contribution in [2.45, 2.75) is 0 Å². The van der Waals surface area contributed by atoms with E-state index in [0.717, 1.165) is 5.56 Å². The lowest BCUT2D eigenvalue weighted by molar-refractivity contribution is 0.423. The molecule has 0 amide bonds. The van der Waals surface area contributed by atoms with Crippen LogP contribution in [0.4, 0.5) is 0 Å². The van der Waals surface area contributed by atoms with E-state index < -0.39 is 0 Å². The van der Waals surface area contributed by atoms with Crippen molar-refractivity contribution in [3.05, 3.63) is 64.9 Å². The molecule has 1 heterocycles. The van der Waals surface area contributed by atoms with Crippen molar-refractivity contribution in [2.24, 2.45) is 0 Å². The lowest BCUT2D eigenvalue weighted by Gasteiger charge is -1.96. The Hall–Kier alpha value is -2.59. The van der Waals surface area contributed by atoms with Crippen LogP contribution in [0.25, 0.3) is 23.6 Å². The summed E-state index contributed by atoms with van der Waals surface area (Å²) in [5.74, 6) is 0.821. The van der Waals surface area contributed by atoms with Crippen LogP contribution < -0.4 is 0 Å². The predicted octanol–water partition coefficient (Wildman–Crippen LogP) is 4.27. The van der Waals surface area contributed by atoms with Crippen molar-refractivity contribution < 1.29 is 9.63 Å². The van der Waals surface area contributed by atoms with Crippen LogP contribution in [0.1, 0.15) is 11.4 Å². The van der Waals surface area contributed by atoms with Crippen molar-refractivity contribution in [3.8, 4) is 17.2 Å². The molecule has 3 aromatic rings. The van der Waals surface area contributed by atoms with E-state index in [2.05, 4.69) is 10.1 Å². The van der Waals surface area contributed by atoms with Crippen LogP contribution in [-0.2, 0) is 0 Å². The number of phenolic OH excluding ortho intramolecular Hbond substituents is 1. The topological polar surface area (TPSA) is 59.2 Å². The van der Waals surface area contributed by atoms with Crippen LogP contribution in [0, 0.1) is 0 Å². The van der Waals surface area contributed by atoms with Gasteiger partial charge in [-0.2, -0.15) is 4.98 Å². The summed E-state index contributed by atoms with van der Waals surface area (Å²) in [6, 6.07) is 14.2. The van der Waals surface area contributed by atoms with Crippen molar-refractivity contribution in [2.75, 3.05) is 0 Å². The molecule has 1 N–H and O–H groups in total. The molecule has 104 valence electrons. The minimum atomic E-state index is 0.106. The number of halogens is 1. The Morgan fingerprint density at radius 1 is 1.00 bits per heavy atom. The number of phenols is 1. The maximum atomic E-state index is 9.75. The molecule has 0 spiro atoms. The zero-order chi connectivity index (χ0) is 14.7. The summed E-state index contributed by atoms with van der Waals surface area (Å²) < 4.78 is 5.15. The molecule has 5 heteroatoms. The number of hydrogen-bond acceptors (Lipinski definition) is 4. The van der Waals surface area contributed by atoms with Crippen LogP contribution >= 0.6 is 11.6 Å². The molecule has 0 unspecified atom stereocenters. The fourth-order valence-electron chi connectivity index (χ4n) is 1.81. The molecule has 0 atom stereocenters. The zero-order valence-electron chi connectivity index (χ0n) is 10.9. The first-order chi connectivity index (χ1) is 10.2. The Labute approximate surface area is 126 Å². The van der Waals surface area contributed by atoms with E-state index in [1.165, 1.54) is 0 Å². The van der Waals surface area contributed by atoms with Gasteiger partial charge in [0.2, 0.25) is 0 Å². The quantitative estimate of drug-likeness (QED) is 0.784. The van der Waals surface area contributed by atoms with Gasteiger partial charge in [-0.1, -0.05) is 47.1 Å². The Bertz CT molecular complexity index is 779. The monoisotopic (exact) mass is 298 g/mol. The molecule has 0 fully saturated rings. The fraction of sp³-hybridized carbons (Fsp3) is 0. The number of benzene rings is 2. The normalized spacial score (nSPS) is 11.1. The molecule has 0 aliphatic rings. The highest BCUT2D eigenvalue weighted by Crippen LogP contribution is 2.27. The lowest BCUT2D eigenvalue weighted by atomic mass is 10.2. The van der Waals surface area contributed by atoms with Crippen LogP contribution in [0.15, 0.2) is 53.1 Å². The minimum absolute atomic E-state index is 0.106. The average Bonchev–Trinajstić information content (AvgIpc) is 2.96. The third-order valence-corrected chi connectivity index (χ3v) is 3.12. The van der Waals surface area contributed by atoms with Gasteiger partial charge in [0.15, 0.2) is 5.82 Å². The van der Waals surface area contributed by atoms with Gasteiger partial charge in [0.25, 0.3) is 5.89 Å². The predicted molar refractivity (Wildman–Crippen MR) is 81.8 cm³/mol. The average molecular weight is 299 g/mol. The van der Waals surface area contributed by atoms with Crippen LogP contribution in [0.3, 0.4) is 0 Å². The largest absolute Gasteiger partial charge is 0.507 e. The number of para-hydroxylation sites is 1. The van der Waals surface area contributed by atoms with Crippen LogP contribution in [0.5, 0.6) is 5.75 Å². The smallest absolute Gasteiger partial charge is 0.261 e. The number of rotatable bonds is 3. The van der Waals surface area contributed by atoms with Gasteiger partial charge in [-0.3, -0.25) is 0 Å². The maximum absolute atomic E-state index is 9.75. The van der Waals surface area contributed by atoms with E-state index in [1.54, 1.807) is 30.3 Å². The molecule has 21 heavy (non-hydrogen) atoms. The number of hydrogen-bond donors (Lipinski definition) is 1. The van der Waals surface area contributed by atoms with E-state index in [1.807, 2.05) is 30.3 Å². The molecular formula is C16H11ClN2O2. The van der Waals surface area contributed by atoms with Gasteiger partial charge in [0, 0.05) is 5.02 Å². The van der Waals surface area contributed by atoms with Crippen molar-refractivity contribution in [1.29, 1.82) is 0 Å². The first-order valence-corrected chi connectivity index (χ1v) is 6.66. The summed E-state index contributed by atoms with van der Waals surface area (Å²) in [6.45, 7) is 0. The summed E-state index contributed by atoms with van der Waals surface area (Å²) >= 11 is 5.83. The first-order valence-electron chi connectivity index (χ1n) is 6.28. The van der Waals surface area contributed by atoms with E-state index in [9.17, 15) is 5.11 Å².